The second-order valence-electron chi connectivity index (χ2n) is 9.21. The van der Waals surface area contributed by atoms with Crippen LogP contribution < -0.4 is 0 Å². The van der Waals surface area contributed by atoms with Crippen LogP contribution in [0.25, 0.3) is 0 Å². The second kappa shape index (κ2) is 9.45. The molecule has 0 bridgehead atoms. The van der Waals surface area contributed by atoms with Gasteiger partial charge in [0.25, 0.3) is 11.6 Å². The van der Waals surface area contributed by atoms with E-state index in [2.05, 4.69) is 0 Å². The van der Waals surface area contributed by atoms with E-state index in [9.17, 15) is 19.7 Å². The van der Waals surface area contributed by atoms with E-state index >= 15 is 0 Å². The summed E-state index contributed by atoms with van der Waals surface area (Å²) in [5.41, 5.74) is -0.130. The van der Waals surface area contributed by atoms with Crippen molar-refractivity contribution in [1.29, 1.82) is 0 Å². The molecule has 1 fully saturated rings. The Morgan fingerprint density at radius 2 is 2.00 bits per heavy atom. The fourth-order valence-corrected chi connectivity index (χ4v) is 3.74. The molecule has 2 amide bonds. The first kappa shape index (κ1) is 23.6. The molecule has 1 saturated heterocycles. The highest BCUT2D eigenvalue weighted by atomic mass is 16.6. The maximum Gasteiger partial charge on any atom is 0.410 e. The lowest BCUT2D eigenvalue weighted by molar-refractivity contribution is -0.385. The Morgan fingerprint density at radius 1 is 1.33 bits per heavy atom. The van der Waals surface area contributed by atoms with E-state index in [0.29, 0.717) is 25.2 Å². The number of nitro benzene ring substituents is 1. The number of nitro groups is 1. The summed E-state index contributed by atoms with van der Waals surface area (Å²) in [4.78, 5) is 40.0. The Bertz CT molecular complexity index is 800. The summed E-state index contributed by atoms with van der Waals surface area (Å²) in [5.74, 6) is -0.245. The zero-order valence-electron chi connectivity index (χ0n) is 18.8. The minimum atomic E-state index is -0.580. The van der Waals surface area contributed by atoms with Crippen LogP contribution in [-0.4, -0.2) is 58.0 Å². The van der Waals surface area contributed by atoms with Gasteiger partial charge in [-0.15, -0.1) is 0 Å². The minimum Gasteiger partial charge on any atom is -0.444 e. The van der Waals surface area contributed by atoms with Crippen molar-refractivity contribution in [3.8, 4) is 0 Å². The maximum absolute atomic E-state index is 13.1. The van der Waals surface area contributed by atoms with Gasteiger partial charge in [-0.2, -0.15) is 0 Å². The van der Waals surface area contributed by atoms with Gasteiger partial charge in [-0.25, -0.2) is 4.79 Å². The van der Waals surface area contributed by atoms with Gasteiger partial charge in [-0.1, -0.05) is 12.1 Å². The zero-order valence-corrected chi connectivity index (χ0v) is 18.8. The zero-order chi connectivity index (χ0) is 22.6. The molecule has 1 aromatic rings. The molecule has 0 saturated carbocycles. The highest BCUT2D eigenvalue weighted by Gasteiger charge is 2.32. The number of carbonyl (C=O) groups is 2. The molecule has 30 heavy (non-hydrogen) atoms. The Hall–Kier alpha value is -2.64. The number of rotatable bonds is 5. The summed E-state index contributed by atoms with van der Waals surface area (Å²) in [7, 11) is 0. The van der Waals surface area contributed by atoms with Crippen molar-refractivity contribution in [2.24, 2.45) is 5.92 Å². The Balaban J connectivity index is 2.15. The lowest BCUT2D eigenvalue weighted by atomic mass is 9.96. The first-order valence-corrected chi connectivity index (χ1v) is 10.4. The van der Waals surface area contributed by atoms with Gasteiger partial charge in [0.1, 0.15) is 11.2 Å². The highest BCUT2D eigenvalue weighted by molar-refractivity contribution is 5.98. The average Bonchev–Trinajstić information content (AvgIpc) is 2.63. The van der Waals surface area contributed by atoms with Crippen molar-refractivity contribution in [2.45, 2.75) is 66.0 Å². The molecule has 166 valence electrons. The lowest BCUT2D eigenvalue weighted by Crippen LogP contribution is -2.48. The molecule has 0 spiro atoms. The number of amides is 2. The van der Waals surface area contributed by atoms with Crippen molar-refractivity contribution in [2.75, 3.05) is 19.6 Å². The first-order chi connectivity index (χ1) is 13.9. The quantitative estimate of drug-likeness (QED) is 0.521. The maximum atomic E-state index is 13.1. The third-order valence-corrected chi connectivity index (χ3v) is 5.16. The molecule has 1 heterocycles. The molecule has 0 N–H and O–H groups in total. The fourth-order valence-electron chi connectivity index (χ4n) is 3.74. The van der Waals surface area contributed by atoms with E-state index in [-0.39, 0.29) is 35.2 Å². The van der Waals surface area contributed by atoms with Gasteiger partial charge in [0.2, 0.25) is 0 Å². The van der Waals surface area contributed by atoms with Gasteiger partial charge in [-0.3, -0.25) is 14.9 Å². The number of hydrogen-bond acceptors (Lipinski definition) is 5. The van der Waals surface area contributed by atoms with Crippen molar-refractivity contribution in [3.05, 3.63) is 39.4 Å². The highest BCUT2D eigenvalue weighted by Crippen LogP contribution is 2.27. The third-order valence-electron chi connectivity index (χ3n) is 5.16. The molecule has 1 atom stereocenters. The number of benzene rings is 1. The molecule has 0 radical (unpaired) electrons. The van der Waals surface area contributed by atoms with Gasteiger partial charge in [0.15, 0.2) is 0 Å². The molecule has 8 nitrogen and oxygen atoms in total. The minimum absolute atomic E-state index is 0.0382. The summed E-state index contributed by atoms with van der Waals surface area (Å²) in [6.45, 7) is 12.5. The molecular weight excluding hydrogens is 386 g/mol. The standard InChI is InChI=1S/C22H33N3O5/c1-15(2)24(21(27)30-22(4,5)6)14-17-10-8-12-23(13-17)20(26)18-11-7-9-16(3)19(18)25(28)29/h7,9,11,15,17H,8,10,12-14H2,1-6H3. The van der Waals surface area contributed by atoms with Gasteiger partial charge >= 0.3 is 6.09 Å². The first-order valence-electron chi connectivity index (χ1n) is 10.4. The van der Waals surface area contributed by atoms with Crippen molar-refractivity contribution < 1.29 is 19.2 Å². The molecule has 1 aliphatic rings. The third kappa shape index (κ3) is 5.93. The number of likely N-dealkylation sites (tertiary alicyclic amines) is 1. The van der Waals surface area contributed by atoms with Crippen LogP contribution in [0.15, 0.2) is 18.2 Å². The predicted molar refractivity (Wildman–Crippen MR) is 115 cm³/mol. The van der Waals surface area contributed by atoms with Crippen LogP contribution >= 0.6 is 0 Å². The van der Waals surface area contributed by atoms with Crippen LogP contribution in [0.4, 0.5) is 10.5 Å². The molecular formula is C22H33N3O5. The molecule has 0 aromatic heterocycles. The van der Waals surface area contributed by atoms with Crippen LogP contribution in [0, 0.1) is 23.0 Å². The molecule has 8 heteroatoms. The fraction of sp³-hybridized carbons (Fsp3) is 0.636. The van der Waals surface area contributed by atoms with Crippen LogP contribution in [0.2, 0.25) is 0 Å². The predicted octanol–water partition coefficient (Wildman–Crippen LogP) is 4.40. The van der Waals surface area contributed by atoms with Crippen LogP contribution in [0.1, 0.15) is 63.4 Å². The van der Waals surface area contributed by atoms with E-state index in [0.717, 1.165) is 12.8 Å². The number of piperidine rings is 1. The largest absolute Gasteiger partial charge is 0.444 e. The van der Waals surface area contributed by atoms with Crippen LogP contribution in [-0.2, 0) is 4.74 Å². The molecule has 1 aliphatic heterocycles. The Morgan fingerprint density at radius 3 is 2.57 bits per heavy atom. The van der Waals surface area contributed by atoms with E-state index < -0.39 is 10.5 Å². The Kier molecular flexibility index (Phi) is 7.44. The SMILES string of the molecule is Cc1cccc(C(=O)N2CCCC(CN(C(=O)OC(C)(C)C)C(C)C)C2)c1[N+](=O)[O-]. The summed E-state index contributed by atoms with van der Waals surface area (Å²) >= 11 is 0. The van der Waals surface area contributed by atoms with Crippen molar-refractivity contribution in [1.82, 2.24) is 9.80 Å². The number of aryl methyl sites for hydroxylation is 1. The van der Waals surface area contributed by atoms with E-state index in [1.54, 1.807) is 28.9 Å². The van der Waals surface area contributed by atoms with E-state index in [1.165, 1.54) is 6.07 Å². The van der Waals surface area contributed by atoms with Gasteiger partial charge in [-0.05, 0) is 66.4 Å². The number of nitrogens with zero attached hydrogens (tertiary/aromatic N) is 3. The van der Waals surface area contributed by atoms with Gasteiger partial charge < -0.3 is 14.5 Å². The summed E-state index contributed by atoms with van der Waals surface area (Å²) < 4.78 is 5.53. The summed E-state index contributed by atoms with van der Waals surface area (Å²) in [6.07, 6.45) is 1.30. The molecule has 2 rings (SSSR count). The molecule has 1 aromatic carbocycles. The van der Waals surface area contributed by atoms with Gasteiger partial charge in [0.05, 0.1) is 4.92 Å². The number of carbonyl (C=O) groups excluding carboxylic acids is 2. The normalized spacial score (nSPS) is 17.0. The van der Waals surface area contributed by atoms with Crippen molar-refractivity contribution >= 4 is 17.7 Å². The van der Waals surface area contributed by atoms with Gasteiger partial charge in [0, 0.05) is 31.2 Å². The Labute approximate surface area is 178 Å². The molecule has 1 unspecified atom stereocenters. The van der Waals surface area contributed by atoms with Crippen LogP contribution in [0.5, 0.6) is 0 Å². The number of ether oxygens (including phenoxy) is 1. The van der Waals surface area contributed by atoms with E-state index in [4.69, 9.17) is 4.74 Å². The van der Waals surface area contributed by atoms with Crippen LogP contribution in [0.3, 0.4) is 0 Å². The van der Waals surface area contributed by atoms with Crippen molar-refractivity contribution in [3.63, 3.8) is 0 Å². The second-order valence-corrected chi connectivity index (χ2v) is 9.21. The number of hydrogen-bond donors (Lipinski definition) is 0. The summed E-state index contributed by atoms with van der Waals surface area (Å²) in [5, 5.41) is 11.5. The average molecular weight is 420 g/mol. The summed E-state index contributed by atoms with van der Waals surface area (Å²) in [6, 6.07) is 4.77. The van der Waals surface area contributed by atoms with E-state index in [1.807, 2.05) is 34.6 Å². The number of para-hydroxylation sites is 1. The lowest BCUT2D eigenvalue weighted by Gasteiger charge is -2.37. The smallest absolute Gasteiger partial charge is 0.410 e. The topological polar surface area (TPSA) is 93.0 Å². The monoisotopic (exact) mass is 419 g/mol. The molecule has 0 aliphatic carbocycles.